The molecule has 1 aromatic heterocycles. The molecular formula is C7H8ClN3O2. The fourth-order valence-electron chi connectivity index (χ4n) is 1.45. The van der Waals surface area contributed by atoms with Gasteiger partial charge in [0.05, 0.1) is 5.38 Å². The predicted molar refractivity (Wildman–Crippen MR) is 44.9 cm³/mol. The molecule has 2 heterocycles. The molecule has 0 saturated heterocycles. The van der Waals surface area contributed by atoms with Gasteiger partial charge in [0.25, 0.3) is 0 Å². The van der Waals surface area contributed by atoms with Crippen LogP contribution in [0.2, 0.25) is 0 Å². The van der Waals surface area contributed by atoms with Crippen molar-refractivity contribution in [2.24, 2.45) is 0 Å². The first-order chi connectivity index (χ1) is 6.18. The van der Waals surface area contributed by atoms with Gasteiger partial charge in [-0.15, -0.1) is 21.8 Å². The van der Waals surface area contributed by atoms with E-state index in [0.717, 1.165) is 6.42 Å². The highest BCUT2D eigenvalue weighted by molar-refractivity contribution is 6.20. The van der Waals surface area contributed by atoms with Crippen LogP contribution < -0.4 is 0 Å². The van der Waals surface area contributed by atoms with Crippen LogP contribution in [0.3, 0.4) is 0 Å². The van der Waals surface area contributed by atoms with Crippen LogP contribution in [0.5, 0.6) is 0 Å². The zero-order chi connectivity index (χ0) is 9.42. The number of rotatable bonds is 1. The minimum atomic E-state index is -1.05. The number of aryl methyl sites for hydroxylation is 1. The fraction of sp³-hybridized carbons (Fsp3) is 0.571. The second-order valence-electron chi connectivity index (χ2n) is 2.99. The summed E-state index contributed by atoms with van der Waals surface area (Å²) in [5.41, 5.74) is 0. The highest BCUT2D eigenvalue weighted by atomic mass is 35.5. The third kappa shape index (κ3) is 1.39. The van der Waals surface area contributed by atoms with Crippen molar-refractivity contribution < 1.29 is 9.90 Å². The van der Waals surface area contributed by atoms with Crippen molar-refractivity contribution in [1.82, 2.24) is 14.8 Å². The minimum absolute atomic E-state index is 0.0124. The maximum absolute atomic E-state index is 10.7. The van der Waals surface area contributed by atoms with E-state index in [1.807, 2.05) is 0 Å². The Balaban J connectivity index is 2.41. The van der Waals surface area contributed by atoms with Crippen molar-refractivity contribution in [3.63, 3.8) is 0 Å². The Hall–Kier alpha value is -1.10. The zero-order valence-electron chi connectivity index (χ0n) is 6.77. The molecule has 1 unspecified atom stereocenters. The third-order valence-corrected chi connectivity index (χ3v) is 2.44. The average Bonchev–Trinajstić information content (AvgIpc) is 2.46. The van der Waals surface area contributed by atoms with Gasteiger partial charge in [-0.05, 0) is 6.42 Å². The molecule has 70 valence electrons. The van der Waals surface area contributed by atoms with E-state index in [0.29, 0.717) is 18.8 Å². The molecule has 0 aromatic carbocycles. The summed E-state index contributed by atoms with van der Waals surface area (Å²) in [6.45, 7) is 0.492. The van der Waals surface area contributed by atoms with Crippen molar-refractivity contribution in [2.75, 3.05) is 0 Å². The number of halogens is 1. The molecule has 0 amide bonds. The number of carbonyl (C=O) groups is 1. The quantitative estimate of drug-likeness (QED) is 0.673. The van der Waals surface area contributed by atoms with Crippen LogP contribution in [0.15, 0.2) is 0 Å². The molecule has 2 rings (SSSR count). The first-order valence-electron chi connectivity index (χ1n) is 3.98. The number of carboxylic acid groups (broad SMARTS) is 1. The third-order valence-electron chi connectivity index (χ3n) is 2.08. The number of fused-ring (bicyclic) bond motifs is 1. The molecule has 5 nitrogen and oxygen atoms in total. The molecule has 1 aliphatic heterocycles. The molecule has 0 bridgehead atoms. The predicted octanol–water partition coefficient (Wildman–Crippen LogP) is 0.530. The van der Waals surface area contributed by atoms with Crippen LogP contribution in [0.4, 0.5) is 0 Å². The molecule has 1 N–H and O–H groups in total. The number of carboxylic acids is 1. The molecule has 0 fully saturated rings. The molecular weight excluding hydrogens is 194 g/mol. The smallest absolute Gasteiger partial charge is 0.374 e. The van der Waals surface area contributed by atoms with Crippen LogP contribution in [0.1, 0.15) is 22.9 Å². The van der Waals surface area contributed by atoms with Gasteiger partial charge >= 0.3 is 5.97 Å². The molecule has 0 aliphatic carbocycles. The molecule has 0 spiro atoms. The monoisotopic (exact) mass is 201 g/mol. The Kier molecular flexibility index (Phi) is 1.95. The lowest BCUT2D eigenvalue weighted by Gasteiger charge is -2.18. The van der Waals surface area contributed by atoms with Crippen molar-refractivity contribution in [2.45, 2.75) is 24.8 Å². The van der Waals surface area contributed by atoms with Crippen molar-refractivity contribution in [3.05, 3.63) is 11.6 Å². The average molecular weight is 202 g/mol. The molecule has 1 atom stereocenters. The lowest BCUT2D eigenvalue weighted by Crippen LogP contribution is -2.23. The van der Waals surface area contributed by atoms with E-state index in [4.69, 9.17) is 16.7 Å². The Morgan fingerprint density at radius 3 is 3.08 bits per heavy atom. The second kappa shape index (κ2) is 2.99. The van der Waals surface area contributed by atoms with Gasteiger partial charge in [-0.2, -0.15) is 0 Å². The largest absolute Gasteiger partial charge is 0.475 e. The Labute approximate surface area is 79.3 Å². The van der Waals surface area contributed by atoms with Gasteiger partial charge < -0.3 is 9.67 Å². The zero-order valence-corrected chi connectivity index (χ0v) is 7.53. The van der Waals surface area contributed by atoms with Crippen molar-refractivity contribution >= 4 is 17.6 Å². The van der Waals surface area contributed by atoms with Gasteiger partial charge in [-0.25, -0.2) is 4.79 Å². The number of hydrogen-bond acceptors (Lipinski definition) is 3. The summed E-state index contributed by atoms with van der Waals surface area (Å²) in [6.07, 6.45) is 1.54. The number of aromatic nitrogens is 3. The van der Waals surface area contributed by atoms with Gasteiger partial charge in [0.2, 0.25) is 5.82 Å². The van der Waals surface area contributed by atoms with Gasteiger partial charge in [0.1, 0.15) is 5.82 Å². The molecule has 1 aliphatic rings. The first-order valence-corrected chi connectivity index (χ1v) is 4.41. The van der Waals surface area contributed by atoms with E-state index in [1.165, 1.54) is 0 Å². The highest BCUT2D eigenvalue weighted by Crippen LogP contribution is 2.18. The highest BCUT2D eigenvalue weighted by Gasteiger charge is 2.24. The summed E-state index contributed by atoms with van der Waals surface area (Å²) in [5, 5.41) is 16.1. The van der Waals surface area contributed by atoms with E-state index >= 15 is 0 Å². The normalized spacial score (nSPS) is 21.2. The van der Waals surface area contributed by atoms with E-state index < -0.39 is 5.97 Å². The second-order valence-corrected chi connectivity index (χ2v) is 3.61. The molecule has 13 heavy (non-hydrogen) atoms. The lowest BCUT2D eigenvalue weighted by molar-refractivity contribution is 0.0676. The molecule has 6 heteroatoms. The van der Waals surface area contributed by atoms with Gasteiger partial charge in [-0.3, -0.25) is 0 Å². The van der Waals surface area contributed by atoms with E-state index in [-0.39, 0.29) is 11.2 Å². The number of nitrogens with zero attached hydrogens (tertiary/aromatic N) is 3. The summed E-state index contributed by atoms with van der Waals surface area (Å²) in [5.74, 6) is -0.348. The number of aromatic carboxylic acids is 1. The SMILES string of the molecule is O=C(O)c1nnc2n1CC(Cl)CC2. The Morgan fingerprint density at radius 1 is 1.62 bits per heavy atom. The number of alkyl halides is 1. The summed E-state index contributed by atoms with van der Waals surface area (Å²) in [4.78, 5) is 10.7. The maximum atomic E-state index is 10.7. The summed E-state index contributed by atoms with van der Waals surface area (Å²) in [7, 11) is 0. The van der Waals surface area contributed by atoms with Crippen LogP contribution in [0.25, 0.3) is 0 Å². The molecule has 0 saturated carbocycles. The first kappa shape index (κ1) is 8.50. The van der Waals surface area contributed by atoms with Crippen LogP contribution >= 0.6 is 11.6 Å². The van der Waals surface area contributed by atoms with Gasteiger partial charge in [0, 0.05) is 13.0 Å². The van der Waals surface area contributed by atoms with Gasteiger partial charge in [-0.1, -0.05) is 0 Å². The van der Waals surface area contributed by atoms with Crippen molar-refractivity contribution in [1.29, 1.82) is 0 Å². The summed E-state index contributed by atoms with van der Waals surface area (Å²) >= 11 is 5.91. The van der Waals surface area contributed by atoms with E-state index in [2.05, 4.69) is 10.2 Å². The van der Waals surface area contributed by atoms with Crippen molar-refractivity contribution in [3.8, 4) is 0 Å². The summed E-state index contributed by atoms with van der Waals surface area (Å²) < 4.78 is 1.57. The van der Waals surface area contributed by atoms with Crippen LogP contribution in [-0.2, 0) is 13.0 Å². The van der Waals surface area contributed by atoms with Crippen LogP contribution in [0, 0.1) is 0 Å². The number of hydrogen-bond donors (Lipinski definition) is 1. The Bertz CT molecular complexity index is 350. The fourth-order valence-corrected chi connectivity index (χ4v) is 1.69. The topological polar surface area (TPSA) is 68.0 Å². The van der Waals surface area contributed by atoms with E-state index in [1.54, 1.807) is 4.57 Å². The standard InChI is InChI=1S/C7H8ClN3O2/c8-4-1-2-5-9-10-6(7(12)13)11(5)3-4/h4H,1-3H2,(H,12,13). The van der Waals surface area contributed by atoms with E-state index in [9.17, 15) is 4.79 Å². The minimum Gasteiger partial charge on any atom is -0.475 e. The Morgan fingerprint density at radius 2 is 2.38 bits per heavy atom. The maximum Gasteiger partial charge on any atom is 0.374 e. The lowest BCUT2D eigenvalue weighted by atomic mass is 10.1. The summed E-state index contributed by atoms with van der Waals surface area (Å²) in [6, 6.07) is 0. The van der Waals surface area contributed by atoms with Gasteiger partial charge in [0.15, 0.2) is 0 Å². The van der Waals surface area contributed by atoms with Crippen LogP contribution in [-0.4, -0.2) is 31.2 Å². The molecule has 0 radical (unpaired) electrons. The molecule has 1 aromatic rings.